The molecule has 0 bridgehead atoms. The summed E-state index contributed by atoms with van der Waals surface area (Å²) in [5, 5.41) is 5.96. The normalized spacial score (nSPS) is 10.2. The van der Waals surface area contributed by atoms with Gasteiger partial charge in [0.1, 0.15) is 5.69 Å². The lowest BCUT2D eigenvalue weighted by Crippen LogP contribution is -2.13. The zero-order valence-corrected chi connectivity index (χ0v) is 16.4. The summed E-state index contributed by atoms with van der Waals surface area (Å²) < 4.78 is 10.4. The molecule has 7 heteroatoms. The van der Waals surface area contributed by atoms with E-state index < -0.39 is 0 Å². The molecule has 0 aliphatic carbocycles. The summed E-state index contributed by atoms with van der Waals surface area (Å²) in [4.78, 5) is 28.0. The third-order valence-corrected chi connectivity index (χ3v) is 4.22. The van der Waals surface area contributed by atoms with E-state index in [1.54, 1.807) is 55.8 Å². The average Bonchev–Trinajstić information content (AvgIpc) is 2.74. The predicted molar refractivity (Wildman–Crippen MR) is 111 cm³/mol. The van der Waals surface area contributed by atoms with E-state index in [2.05, 4.69) is 15.6 Å². The number of aromatic nitrogens is 1. The number of benzene rings is 2. The molecule has 0 radical (unpaired) electrons. The number of methoxy groups -OCH3 is 2. The van der Waals surface area contributed by atoms with Gasteiger partial charge in [0, 0.05) is 23.0 Å². The summed E-state index contributed by atoms with van der Waals surface area (Å²) in [6.07, 6.45) is 1.57. The van der Waals surface area contributed by atoms with Crippen molar-refractivity contribution in [3.63, 3.8) is 0 Å². The SMILES string of the molecule is COc1ccc(NC(=O)c2ccc(Nc3ccc(C(C)=O)cc3)cn2)cc1OC. The average molecular weight is 391 g/mol. The van der Waals surface area contributed by atoms with E-state index >= 15 is 0 Å². The maximum absolute atomic E-state index is 12.4. The van der Waals surface area contributed by atoms with Crippen LogP contribution in [-0.4, -0.2) is 30.9 Å². The lowest BCUT2D eigenvalue weighted by molar-refractivity contribution is 0.101. The van der Waals surface area contributed by atoms with Crippen LogP contribution in [-0.2, 0) is 0 Å². The number of Topliss-reactive ketones (excluding diaryl/α,β-unsaturated/α-hetero) is 1. The van der Waals surface area contributed by atoms with Crippen LogP contribution in [0.5, 0.6) is 11.5 Å². The van der Waals surface area contributed by atoms with Gasteiger partial charge in [0.25, 0.3) is 5.91 Å². The number of hydrogen-bond donors (Lipinski definition) is 2. The van der Waals surface area contributed by atoms with Gasteiger partial charge in [-0.05, 0) is 55.5 Å². The first-order valence-electron chi connectivity index (χ1n) is 8.87. The Morgan fingerprint density at radius 2 is 1.48 bits per heavy atom. The molecule has 0 spiro atoms. The molecule has 1 aromatic heterocycles. The van der Waals surface area contributed by atoms with Crippen LogP contribution in [0, 0.1) is 0 Å². The Morgan fingerprint density at radius 1 is 0.828 bits per heavy atom. The molecule has 0 saturated heterocycles. The first kappa shape index (κ1) is 19.9. The molecule has 0 aliphatic rings. The number of nitrogens with zero attached hydrogens (tertiary/aromatic N) is 1. The number of hydrogen-bond acceptors (Lipinski definition) is 6. The summed E-state index contributed by atoms with van der Waals surface area (Å²) in [7, 11) is 3.08. The largest absolute Gasteiger partial charge is 0.493 e. The van der Waals surface area contributed by atoms with Gasteiger partial charge in [0.2, 0.25) is 0 Å². The van der Waals surface area contributed by atoms with Gasteiger partial charge in [-0.1, -0.05) is 0 Å². The third kappa shape index (κ3) is 4.90. The van der Waals surface area contributed by atoms with Gasteiger partial charge in [-0.25, -0.2) is 4.98 Å². The molecule has 1 amide bonds. The Bertz CT molecular complexity index is 1020. The summed E-state index contributed by atoms with van der Waals surface area (Å²) in [5.74, 6) is 0.779. The van der Waals surface area contributed by atoms with Crippen molar-refractivity contribution < 1.29 is 19.1 Å². The van der Waals surface area contributed by atoms with Crippen LogP contribution in [0.2, 0.25) is 0 Å². The molecule has 0 unspecified atom stereocenters. The van der Waals surface area contributed by atoms with Crippen LogP contribution in [0.25, 0.3) is 0 Å². The molecular weight excluding hydrogens is 370 g/mol. The smallest absolute Gasteiger partial charge is 0.274 e. The van der Waals surface area contributed by atoms with Crippen molar-refractivity contribution in [3.8, 4) is 11.5 Å². The molecule has 29 heavy (non-hydrogen) atoms. The molecule has 0 fully saturated rings. The quantitative estimate of drug-likeness (QED) is 0.584. The van der Waals surface area contributed by atoms with Crippen LogP contribution < -0.4 is 20.1 Å². The second kappa shape index (κ2) is 8.88. The van der Waals surface area contributed by atoms with Crippen LogP contribution in [0.1, 0.15) is 27.8 Å². The number of anilines is 3. The molecule has 7 nitrogen and oxygen atoms in total. The maximum Gasteiger partial charge on any atom is 0.274 e. The van der Waals surface area contributed by atoms with E-state index in [0.29, 0.717) is 22.7 Å². The van der Waals surface area contributed by atoms with Crippen molar-refractivity contribution in [3.05, 3.63) is 72.1 Å². The topological polar surface area (TPSA) is 89.6 Å². The molecular formula is C22H21N3O4. The minimum Gasteiger partial charge on any atom is -0.493 e. The van der Waals surface area contributed by atoms with Gasteiger partial charge < -0.3 is 20.1 Å². The van der Waals surface area contributed by atoms with Gasteiger partial charge in [0.15, 0.2) is 17.3 Å². The zero-order valence-electron chi connectivity index (χ0n) is 16.4. The monoisotopic (exact) mass is 391 g/mol. The van der Waals surface area contributed by atoms with Gasteiger partial charge in [0.05, 0.1) is 26.1 Å². The Balaban J connectivity index is 1.66. The molecule has 3 aromatic rings. The number of ketones is 1. The van der Waals surface area contributed by atoms with Gasteiger partial charge in [-0.2, -0.15) is 0 Å². The summed E-state index contributed by atoms with van der Waals surface area (Å²) in [6.45, 7) is 1.53. The lowest BCUT2D eigenvalue weighted by atomic mass is 10.1. The first-order valence-corrected chi connectivity index (χ1v) is 8.87. The van der Waals surface area contributed by atoms with Crippen molar-refractivity contribution in [2.24, 2.45) is 0 Å². The molecule has 0 aliphatic heterocycles. The van der Waals surface area contributed by atoms with E-state index in [0.717, 1.165) is 11.4 Å². The third-order valence-electron chi connectivity index (χ3n) is 4.22. The number of nitrogens with one attached hydrogen (secondary N) is 2. The van der Waals surface area contributed by atoms with E-state index in [1.165, 1.54) is 14.0 Å². The highest BCUT2D eigenvalue weighted by Crippen LogP contribution is 2.29. The van der Waals surface area contributed by atoms with Gasteiger partial charge in [-0.3, -0.25) is 9.59 Å². The highest BCUT2D eigenvalue weighted by atomic mass is 16.5. The van der Waals surface area contributed by atoms with Crippen molar-refractivity contribution in [1.82, 2.24) is 4.98 Å². The number of rotatable bonds is 7. The fourth-order valence-electron chi connectivity index (χ4n) is 2.67. The Labute approximate surface area is 168 Å². The second-order valence-electron chi connectivity index (χ2n) is 6.21. The van der Waals surface area contributed by atoms with Crippen molar-refractivity contribution in [2.45, 2.75) is 6.92 Å². The number of amides is 1. The maximum atomic E-state index is 12.4. The van der Waals surface area contributed by atoms with Crippen LogP contribution in [0.3, 0.4) is 0 Å². The van der Waals surface area contributed by atoms with Gasteiger partial charge >= 0.3 is 0 Å². The molecule has 3 rings (SSSR count). The predicted octanol–water partition coefficient (Wildman–Crippen LogP) is 4.30. The molecule has 2 aromatic carbocycles. The van der Waals surface area contributed by atoms with E-state index in [4.69, 9.17) is 9.47 Å². The highest BCUT2D eigenvalue weighted by molar-refractivity contribution is 6.03. The number of pyridine rings is 1. The summed E-state index contributed by atoms with van der Waals surface area (Å²) >= 11 is 0. The van der Waals surface area contributed by atoms with E-state index in [-0.39, 0.29) is 17.4 Å². The van der Waals surface area contributed by atoms with Gasteiger partial charge in [-0.15, -0.1) is 0 Å². The van der Waals surface area contributed by atoms with E-state index in [9.17, 15) is 9.59 Å². The van der Waals surface area contributed by atoms with Crippen molar-refractivity contribution in [1.29, 1.82) is 0 Å². The lowest BCUT2D eigenvalue weighted by Gasteiger charge is -2.11. The molecule has 0 saturated carbocycles. The number of carbonyl (C=O) groups is 2. The summed E-state index contributed by atoms with van der Waals surface area (Å²) in [6, 6.07) is 15.6. The number of carbonyl (C=O) groups excluding carboxylic acids is 2. The highest BCUT2D eigenvalue weighted by Gasteiger charge is 2.10. The number of ether oxygens (including phenoxy) is 2. The fourth-order valence-corrected chi connectivity index (χ4v) is 2.67. The zero-order chi connectivity index (χ0) is 20.8. The van der Waals surface area contributed by atoms with Crippen LogP contribution >= 0.6 is 0 Å². The van der Waals surface area contributed by atoms with E-state index in [1.807, 2.05) is 12.1 Å². The van der Waals surface area contributed by atoms with Crippen molar-refractivity contribution >= 4 is 28.8 Å². The second-order valence-corrected chi connectivity index (χ2v) is 6.21. The van der Waals surface area contributed by atoms with Crippen molar-refractivity contribution in [2.75, 3.05) is 24.9 Å². The standard InChI is InChI=1S/C22H21N3O4/c1-14(26)15-4-6-16(7-5-15)24-18-8-10-19(23-13-18)22(27)25-17-9-11-20(28-2)21(12-17)29-3/h4-13,24H,1-3H3,(H,25,27). The molecule has 1 heterocycles. The minimum atomic E-state index is -0.338. The summed E-state index contributed by atoms with van der Waals surface area (Å²) in [5.41, 5.74) is 3.04. The molecule has 2 N–H and O–H groups in total. The Morgan fingerprint density at radius 3 is 2.07 bits per heavy atom. The minimum absolute atomic E-state index is 0.0167. The van der Waals surface area contributed by atoms with Crippen LogP contribution in [0.4, 0.5) is 17.1 Å². The van der Waals surface area contributed by atoms with Crippen LogP contribution in [0.15, 0.2) is 60.8 Å². The molecule has 148 valence electrons. The molecule has 0 atom stereocenters. The Kier molecular flexibility index (Phi) is 6.09. The fraction of sp³-hybridized carbons (Fsp3) is 0.136. The first-order chi connectivity index (χ1) is 14.0. The Hall–Kier alpha value is -3.87.